The third-order valence-corrected chi connectivity index (χ3v) is 4.83. The molecule has 4 aromatic rings. The predicted molar refractivity (Wildman–Crippen MR) is 96.8 cm³/mol. The molecule has 0 bridgehead atoms. The van der Waals surface area contributed by atoms with E-state index in [0.29, 0.717) is 21.2 Å². The molecule has 25 heavy (non-hydrogen) atoms. The number of hydrogen-bond acceptors (Lipinski definition) is 6. The quantitative estimate of drug-likeness (QED) is 0.389. The van der Waals surface area contributed by atoms with E-state index in [2.05, 4.69) is 10.1 Å². The second-order valence-electron chi connectivity index (χ2n) is 5.33. The summed E-state index contributed by atoms with van der Waals surface area (Å²) in [5.74, 6) is 0.0761. The minimum Gasteiger partial charge on any atom is -0.508 e. The van der Waals surface area contributed by atoms with E-state index in [0.717, 1.165) is 16.6 Å². The predicted octanol–water partition coefficient (Wildman–Crippen LogP) is 4.87. The number of phenolic OH excluding ortho intramolecular Hbond substituents is 1. The Kier molecular flexibility index (Phi) is 3.91. The molecule has 5 nitrogen and oxygen atoms in total. The van der Waals surface area contributed by atoms with Crippen LogP contribution in [0, 0.1) is 0 Å². The molecular weight excluding hydrogens is 360 g/mol. The number of rotatable bonds is 2. The maximum absolute atomic E-state index is 9.56. The molecule has 0 unspecified atom stereocenters. The number of benzene rings is 2. The zero-order chi connectivity index (χ0) is 17.4. The lowest BCUT2D eigenvalue weighted by Crippen LogP contribution is -2.05. The van der Waals surface area contributed by atoms with Crippen LogP contribution < -0.4 is 5.55 Å². The van der Waals surface area contributed by atoms with Gasteiger partial charge in [0, 0.05) is 27.4 Å². The summed E-state index contributed by atoms with van der Waals surface area (Å²) < 4.78 is 5.58. The summed E-state index contributed by atoms with van der Waals surface area (Å²) in [4.78, 5) is 4.61. The Labute approximate surface area is 151 Å². The highest BCUT2D eigenvalue weighted by Gasteiger charge is 2.12. The van der Waals surface area contributed by atoms with Crippen molar-refractivity contribution in [3.05, 3.63) is 64.5 Å². The zero-order valence-corrected chi connectivity index (χ0v) is 14.3. The van der Waals surface area contributed by atoms with Gasteiger partial charge in [-0.1, -0.05) is 23.7 Å². The summed E-state index contributed by atoms with van der Waals surface area (Å²) in [5.41, 5.74) is 2.77. The number of hydrogen-bond donors (Lipinski definition) is 2. The number of aromatic hydroxyl groups is 1. The Morgan fingerprint density at radius 3 is 2.64 bits per heavy atom. The molecule has 2 heterocycles. The van der Waals surface area contributed by atoms with Gasteiger partial charge in [-0.05, 0) is 35.5 Å². The van der Waals surface area contributed by atoms with Crippen molar-refractivity contribution in [2.24, 2.45) is 5.16 Å². The first kappa shape index (κ1) is 15.7. The van der Waals surface area contributed by atoms with E-state index in [4.69, 9.17) is 16.0 Å². The molecule has 0 aliphatic carbocycles. The van der Waals surface area contributed by atoms with Gasteiger partial charge in [-0.25, -0.2) is 4.98 Å². The molecular formula is C18H11ClN2O3S. The molecule has 2 N–H and O–H groups in total. The minimum atomic E-state index is 0.0371. The highest BCUT2D eigenvalue weighted by atomic mass is 35.5. The van der Waals surface area contributed by atoms with Crippen LogP contribution in [-0.2, 0) is 0 Å². The molecule has 0 saturated heterocycles. The fourth-order valence-corrected chi connectivity index (χ4v) is 3.45. The molecule has 0 atom stereocenters. The molecule has 0 radical (unpaired) electrons. The first-order valence-electron chi connectivity index (χ1n) is 7.31. The standard InChI is InChI=1S/C18H11ClN2O3S/c19-12-4-1-10(2-5-12)15-9-25-18(20-15)14-7-11-3-6-13(22)8-16(11)24-17(14)21-23/h1-9,22-23H. The Balaban J connectivity index is 1.84. The lowest BCUT2D eigenvalue weighted by Gasteiger charge is -2.02. The van der Waals surface area contributed by atoms with Gasteiger partial charge in [-0.15, -0.1) is 11.3 Å². The third-order valence-electron chi connectivity index (χ3n) is 3.70. The van der Waals surface area contributed by atoms with Crippen LogP contribution in [0.15, 0.2) is 63.5 Å². The van der Waals surface area contributed by atoms with Gasteiger partial charge in [0.15, 0.2) is 0 Å². The van der Waals surface area contributed by atoms with Crippen LogP contribution in [0.1, 0.15) is 0 Å². The monoisotopic (exact) mass is 370 g/mol. The number of halogens is 1. The normalized spacial score (nSPS) is 12.0. The topological polar surface area (TPSA) is 78.9 Å². The highest BCUT2D eigenvalue weighted by Crippen LogP contribution is 2.30. The molecule has 0 aliphatic heterocycles. The summed E-state index contributed by atoms with van der Waals surface area (Å²) in [7, 11) is 0. The van der Waals surface area contributed by atoms with Crippen molar-refractivity contribution in [2.75, 3.05) is 0 Å². The number of fused-ring (bicyclic) bond motifs is 1. The molecule has 0 aliphatic rings. The molecule has 0 fully saturated rings. The van der Waals surface area contributed by atoms with Crippen LogP contribution in [0.5, 0.6) is 5.75 Å². The smallest absolute Gasteiger partial charge is 0.265 e. The lowest BCUT2D eigenvalue weighted by molar-refractivity contribution is 0.277. The van der Waals surface area contributed by atoms with Crippen LogP contribution >= 0.6 is 22.9 Å². The Morgan fingerprint density at radius 2 is 1.88 bits per heavy atom. The summed E-state index contributed by atoms with van der Waals surface area (Å²) in [6.07, 6.45) is 0. The first-order valence-corrected chi connectivity index (χ1v) is 8.56. The maximum atomic E-state index is 9.56. The average Bonchev–Trinajstić information content (AvgIpc) is 3.11. The van der Waals surface area contributed by atoms with Crippen molar-refractivity contribution in [2.45, 2.75) is 0 Å². The molecule has 4 rings (SSSR count). The van der Waals surface area contributed by atoms with Crippen molar-refractivity contribution >= 4 is 33.9 Å². The van der Waals surface area contributed by atoms with Crippen LogP contribution in [0.4, 0.5) is 0 Å². The van der Waals surface area contributed by atoms with Crippen molar-refractivity contribution in [1.82, 2.24) is 4.98 Å². The molecule has 0 saturated carbocycles. The zero-order valence-electron chi connectivity index (χ0n) is 12.7. The highest BCUT2D eigenvalue weighted by molar-refractivity contribution is 7.13. The van der Waals surface area contributed by atoms with E-state index in [1.807, 2.05) is 35.7 Å². The van der Waals surface area contributed by atoms with E-state index >= 15 is 0 Å². The molecule has 2 aromatic heterocycles. The molecule has 0 amide bonds. The van der Waals surface area contributed by atoms with E-state index in [1.54, 1.807) is 12.1 Å². The second-order valence-corrected chi connectivity index (χ2v) is 6.63. The Morgan fingerprint density at radius 1 is 1.08 bits per heavy atom. The second kappa shape index (κ2) is 6.23. The number of phenols is 1. The van der Waals surface area contributed by atoms with Gasteiger partial charge >= 0.3 is 0 Å². The summed E-state index contributed by atoms with van der Waals surface area (Å²) >= 11 is 7.34. The maximum Gasteiger partial charge on any atom is 0.265 e. The number of thiazole rings is 1. The largest absolute Gasteiger partial charge is 0.508 e. The van der Waals surface area contributed by atoms with Crippen molar-refractivity contribution in [3.8, 4) is 27.6 Å². The van der Waals surface area contributed by atoms with Gasteiger partial charge < -0.3 is 14.7 Å². The van der Waals surface area contributed by atoms with E-state index in [-0.39, 0.29) is 11.3 Å². The van der Waals surface area contributed by atoms with Gasteiger partial charge in [0.25, 0.3) is 5.55 Å². The summed E-state index contributed by atoms with van der Waals surface area (Å²) in [6, 6.07) is 14.0. The SMILES string of the molecule is ON=c1oc2cc(O)ccc2cc1-c1nc(-c2ccc(Cl)cc2)cs1. The fraction of sp³-hybridized carbons (Fsp3) is 0. The van der Waals surface area contributed by atoms with Crippen molar-refractivity contribution < 1.29 is 14.7 Å². The Bertz CT molecular complexity index is 1130. The van der Waals surface area contributed by atoms with Gasteiger partial charge in [0.05, 0.1) is 11.3 Å². The first-order chi connectivity index (χ1) is 12.1. The Hall–Kier alpha value is -2.83. The van der Waals surface area contributed by atoms with E-state index in [1.165, 1.54) is 17.4 Å². The van der Waals surface area contributed by atoms with Crippen molar-refractivity contribution in [3.63, 3.8) is 0 Å². The van der Waals surface area contributed by atoms with E-state index < -0.39 is 0 Å². The van der Waals surface area contributed by atoms with Crippen LogP contribution in [-0.4, -0.2) is 15.3 Å². The lowest BCUT2D eigenvalue weighted by atomic mass is 10.1. The molecule has 0 spiro atoms. The van der Waals surface area contributed by atoms with Crippen LogP contribution in [0.3, 0.4) is 0 Å². The third kappa shape index (κ3) is 2.97. The number of nitrogens with zero attached hydrogens (tertiary/aromatic N) is 2. The van der Waals surface area contributed by atoms with Crippen LogP contribution in [0.25, 0.3) is 32.8 Å². The van der Waals surface area contributed by atoms with Gasteiger partial charge in [0.1, 0.15) is 16.3 Å². The molecule has 7 heteroatoms. The van der Waals surface area contributed by atoms with Gasteiger partial charge in [-0.3, -0.25) is 0 Å². The summed E-state index contributed by atoms with van der Waals surface area (Å²) in [5, 5.41) is 26.1. The van der Waals surface area contributed by atoms with Gasteiger partial charge in [-0.2, -0.15) is 0 Å². The minimum absolute atomic E-state index is 0.0371. The van der Waals surface area contributed by atoms with E-state index in [9.17, 15) is 10.3 Å². The average molecular weight is 371 g/mol. The van der Waals surface area contributed by atoms with Crippen LogP contribution in [0.2, 0.25) is 5.02 Å². The van der Waals surface area contributed by atoms with Crippen molar-refractivity contribution in [1.29, 1.82) is 0 Å². The molecule has 124 valence electrons. The summed E-state index contributed by atoms with van der Waals surface area (Å²) in [6.45, 7) is 0. The number of aromatic nitrogens is 1. The van der Waals surface area contributed by atoms with Gasteiger partial charge in [0.2, 0.25) is 0 Å². The molecule has 2 aromatic carbocycles. The fourth-order valence-electron chi connectivity index (χ4n) is 2.49.